The highest BCUT2D eigenvalue weighted by atomic mass is 15.2. The van der Waals surface area contributed by atoms with Gasteiger partial charge in [0.25, 0.3) is 0 Å². The first-order chi connectivity index (χ1) is 8.09. The van der Waals surface area contributed by atoms with E-state index in [9.17, 15) is 0 Å². The fourth-order valence-corrected chi connectivity index (χ4v) is 3.77. The van der Waals surface area contributed by atoms with Crippen molar-refractivity contribution in [2.24, 2.45) is 11.7 Å². The molecule has 1 saturated carbocycles. The molecule has 1 aliphatic heterocycles. The van der Waals surface area contributed by atoms with Crippen LogP contribution < -0.4 is 5.73 Å². The molecule has 0 amide bonds. The van der Waals surface area contributed by atoms with E-state index in [0.717, 1.165) is 5.92 Å². The maximum absolute atomic E-state index is 6.59. The maximum Gasteiger partial charge on any atom is 0.0157 e. The number of hydrogen-bond acceptors (Lipinski definition) is 2. The van der Waals surface area contributed by atoms with Crippen molar-refractivity contribution >= 4 is 0 Å². The lowest BCUT2D eigenvalue weighted by atomic mass is 9.75. The van der Waals surface area contributed by atoms with Gasteiger partial charge in [0.15, 0.2) is 0 Å². The zero-order valence-corrected chi connectivity index (χ0v) is 11.8. The Hall–Kier alpha value is -0.0800. The number of piperidine rings is 1. The number of rotatable bonds is 3. The van der Waals surface area contributed by atoms with Crippen LogP contribution in [0.5, 0.6) is 0 Å². The average Bonchev–Trinajstić information content (AvgIpc) is 2.29. The summed E-state index contributed by atoms with van der Waals surface area (Å²) in [5, 5.41) is 0. The smallest absolute Gasteiger partial charge is 0.0157 e. The number of nitrogens with two attached hydrogens (primary N) is 1. The van der Waals surface area contributed by atoms with Crippen molar-refractivity contribution in [3.63, 3.8) is 0 Å². The molecule has 2 N–H and O–H groups in total. The van der Waals surface area contributed by atoms with Crippen molar-refractivity contribution in [2.45, 2.75) is 76.8 Å². The summed E-state index contributed by atoms with van der Waals surface area (Å²) in [4.78, 5) is 2.64. The second-order valence-corrected chi connectivity index (χ2v) is 6.72. The summed E-state index contributed by atoms with van der Waals surface area (Å²) in [6.07, 6.45) is 10.7. The van der Waals surface area contributed by atoms with Gasteiger partial charge >= 0.3 is 0 Å². The Morgan fingerprint density at radius 1 is 1.18 bits per heavy atom. The van der Waals surface area contributed by atoms with Crippen LogP contribution in [0.3, 0.4) is 0 Å². The molecule has 0 aromatic rings. The van der Waals surface area contributed by atoms with E-state index in [2.05, 4.69) is 18.7 Å². The Morgan fingerprint density at radius 3 is 2.53 bits per heavy atom. The third-order valence-electron chi connectivity index (χ3n) is 4.83. The topological polar surface area (TPSA) is 29.3 Å². The SMILES string of the molecule is CC(C)N1CCCC(CC2(N)CCCCC2)C1. The van der Waals surface area contributed by atoms with Crippen molar-refractivity contribution in [3.05, 3.63) is 0 Å². The Bertz CT molecular complexity index is 231. The minimum atomic E-state index is 0.183. The summed E-state index contributed by atoms with van der Waals surface area (Å²) in [6, 6.07) is 0.706. The second-order valence-electron chi connectivity index (χ2n) is 6.72. The monoisotopic (exact) mass is 238 g/mol. The van der Waals surface area contributed by atoms with Gasteiger partial charge < -0.3 is 10.6 Å². The number of hydrogen-bond donors (Lipinski definition) is 1. The van der Waals surface area contributed by atoms with Gasteiger partial charge in [0.05, 0.1) is 0 Å². The molecule has 0 aromatic carbocycles. The fourth-order valence-electron chi connectivity index (χ4n) is 3.77. The van der Waals surface area contributed by atoms with Crippen LogP contribution >= 0.6 is 0 Å². The van der Waals surface area contributed by atoms with Crippen LogP contribution in [0.25, 0.3) is 0 Å². The van der Waals surface area contributed by atoms with Crippen LogP contribution in [-0.2, 0) is 0 Å². The third kappa shape index (κ3) is 3.69. The molecule has 2 aliphatic rings. The van der Waals surface area contributed by atoms with Crippen LogP contribution in [0.1, 0.15) is 65.2 Å². The van der Waals surface area contributed by atoms with Crippen LogP contribution in [0.15, 0.2) is 0 Å². The van der Waals surface area contributed by atoms with E-state index < -0.39 is 0 Å². The van der Waals surface area contributed by atoms with Crippen LogP contribution in [0.4, 0.5) is 0 Å². The highest BCUT2D eigenvalue weighted by Gasteiger charge is 2.32. The number of likely N-dealkylation sites (tertiary alicyclic amines) is 1. The maximum atomic E-state index is 6.59. The quantitative estimate of drug-likeness (QED) is 0.818. The summed E-state index contributed by atoms with van der Waals surface area (Å²) in [5.74, 6) is 0.856. The summed E-state index contributed by atoms with van der Waals surface area (Å²) < 4.78 is 0. The lowest BCUT2D eigenvalue weighted by Gasteiger charge is -2.41. The average molecular weight is 238 g/mol. The standard InChI is InChI=1S/C15H30N2/c1-13(2)17-10-6-7-14(12-17)11-15(16)8-4-3-5-9-15/h13-14H,3-12,16H2,1-2H3. The molecular formula is C15H30N2. The molecule has 0 radical (unpaired) electrons. The van der Waals surface area contributed by atoms with Gasteiger partial charge in [-0.15, -0.1) is 0 Å². The van der Waals surface area contributed by atoms with Crippen molar-refractivity contribution in [3.8, 4) is 0 Å². The van der Waals surface area contributed by atoms with Gasteiger partial charge in [-0.2, -0.15) is 0 Å². The fraction of sp³-hybridized carbons (Fsp3) is 1.00. The summed E-state index contributed by atoms with van der Waals surface area (Å²) in [5.41, 5.74) is 6.78. The van der Waals surface area contributed by atoms with E-state index in [-0.39, 0.29) is 5.54 Å². The Morgan fingerprint density at radius 2 is 1.88 bits per heavy atom. The van der Waals surface area contributed by atoms with Gasteiger partial charge in [-0.3, -0.25) is 0 Å². The van der Waals surface area contributed by atoms with Crippen LogP contribution in [0, 0.1) is 5.92 Å². The van der Waals surface area contributed by atoms with E-state index >= 15 is 0 Å². The highest BCUT2D eigenvalue weighted by molar-refractivity contribution is 4.91. The van der Waals surface area contributed by atoms with Crippen LogP contribution in [0.2, 0.25) is 0 Å². The van der Waals surface area contributed by atoms with Gasteiger partial charge in [-0.1, -0.05) is 19.3 Å². The first-order valence-corrected chi connectivity index (χ1v) is 7.62. The normalized spacial score (nSPS) is 30.7. The highest BCUT2D eigenvalue weighted by Crippen LogP contribution is 2.34. The molecule has 1 unspecified atom stereocenters. The van der Waals surface area contributed by atoms with E-state index in [1.807, 2.05) is 0 Å². The molecule has 0 spiro atoms. The molecule has 1 saturated heterocycles. The summed E-state index contributed by atoms with van der Waals surface area (Å²) in [6.45, 7) is 7.23. The minimum absolute atomic E-state index is 0.183. The van der Waals surface area contributed by atoms with Gasteiger partial charge in [-0.25, -0.2) is 0 Å². The van der Waals surface area contributed by atoms with E-state index in [1.165, 1.54) is 64.5 Å². The summed E-state index contributed by atoms with van der Waals surface area (Å²) >= 11 is 0. The lowest BCUT2D eigenvalue weighted by Crippen LogP contribution is -2.47. The lowest BCUT2D eigenvalue weighted by molar-refractivity contribution is 0.111. The zero-order chi connectivity index (χ0) is 12.3. The molecule has 1 atom stereocenters. The van der Waals surface area contributed by atoms with Gasteiger partial charge in [0.2, 0.25) is 0 Å². The molecule has 2 rings (SSSR count). The predicted octanol–water partition coefficient (Wildman–Crippen LogP) is 3.16. The van der Waals surface area contributed by atoms with Gasteiger partial charge in [-0.05, 0) is 58.4 Å². The Kier molecular flexibility index (Phi) is 4.48. The Labute approximate surface area is 107 Å². The molecule has 0 aromatic heterocycles. The first kappa shape index (κ1) is 13.4. The molecule has 2 fully saturated rings. The van der Waals surface area contributed by atoms with Crippen LogP contribution in [-0.4, -0.2) is 29.6 Å². The van der Waals surface area contributed by atoms with E-state index in [0.29, 0.717) is 6.04 Å². The van der Waals surface area contributed by atoms with E-state index in [1.54, 1.807) is 0 Å². The largest absolute Gasteiger partial charge is 0.325 e. The minimum Gasteiger partial charge on any atom is -0.325 e. The molecule has 100 valence electrons. The van der Waals surface area contributed by atoms with Crippen molar-refractivity contribution in [1.82, 2.24) is 4.90 Å². The third-order valence-corrected chi connectivity index (χ3v) is 4.83. The van der Waals surface area contributed by atoms with Crippen molar-refractivity contribution in [2.75, 3.05) is 13.1 Å². The van der Waals surface area contributed by atoms with Gasteiger partial charge in [0.1, 0.15) is 0 Å². The van der Waals surface area contributed by atoms with Gasteiger partial charge in [0, 0.05) is 18.1 Å². The molecule has 2 heteroatoms. The molecule has 1 aliphatic carbocycles. The molecule has 1 heterocycles. The van der Waals surface area contributed by atoms with E-state index in [4.69, 9.17) is 5.73 Å². The molecular weight excluding hydrogens is 208 g/mol. The van der Waals surface area contributed by atoms with Crippen molar-refractivity contribution in [1.29, 1.82) is 0 Å². The molecule has 0 bridgehead atoms. The molecule has 2 nitrogen and oxygen atoms in total. The second kappa shape index (κ2) is 5.71. The molecule has 17 heavy (non-hydrogen) atoms. The first-order valence-electron chi connectivity index (χ1n) is 7.62. The summed E-state index contributed by atoms with van der Waals surface area (Å²) in [7, 11) is 0. The number of nitrogens with zero attached hydrogens (tertiary/aromatic N) is 1. The zero-order valence-electron chi connectivity index (χ0n) is 11.8. The van der Waals surface area contributed by atoms with Crippen molar-refractivity contribution < 1.29 is 0 Å². The predicted molar refractivity (Wildman–Crippen MR) is 74.1 cm³/mol. The Balaban J connectivity index is 1.85.